The van der Waals surface area contributed by atoms with Crippen molar-refractivity contribution in [3.8, 4) is 0 Å². The minimum absolute atomic E-state index is 0.0384. The predicted octanol–water partition coefficient (Wildman–Crippen LogP) is 1.74. The molecular formula is C62H104O35. The van der Waals surface area contributed by atoms with E-state index in [1.165, 1.54) is 0 Å². The van der Waals surface area contributed by atoms with Gasteiger partial charge in [-0.05, 0) is 67.2 Å². The van der Waals surface area contributed by atoms with Crippen molar-refractivity contribution < 1.29 is 169 Å². The standard InChI is InChI=1S/C26H42O12.C16H26O8.C10H18O8.C6H12O3.C4H6O4/c1-5-9-21(27)33-15-19(37-25(31)11-7-3)17-35-23(29)13-14-24(30)36-18-20(38-26(32)12-8-4)16-34-22(28)10-6-2;1-15(2)21-9-11(23-15)7-19-13(17)5-6-14(18)20-8-12-10-22-16(3,4)24-12;11-3-7(13)5-17-9(15)1-2-10(16)18-6-8(14)4-12;1-6(2)8-4-5(3-7)9-6;5-3(6)1-2-4(7)8/h19-20H,5-18H2,1-4H3;11-12H,5-10H2,1-4H3;7-8,11-14H,1-6H2;5,7H,3-4H2,1-2H3;1-2H2,(H,5,6)(H,7,8). The predicted molar refractivity (Wildman–Crippen MR) is 327 cm³/mol. The molecule has 0 amide bonds. The summed E-state index contributed by atoms with van der Waals surface area (Å²) in [5.41, 5.74) is 0. The van der Waals surface area contributed by atoms with Gasteiger partial charge in [0.1, 0.15) is 83.4 Å². The Kier molecular flexibility index (Phi) is 50.6. The number of carboxylic acids is 2. The van der Waals surface area contributed by atoms with Gasteiger partial charge in [-0.2, -0.15) is 0 Å². The van der Waals surface area contributed by atoms with E-state index in [0.717, 1.165) is 0 Å². The third-order valence-corrected chi connectivity index (χ3v) is 11.8. The van der Waals surface area contributed by atoms with Crippen LogP contribution in [0.4, 0.5) is 0 Å². The van der Waals surface area contributed by atoms with Crippen LogP contribution >= 0.6 is 0 Å². The van der Waals surface area contributed by atoms with Crippen molar-refractivity contribution in [2.24, 2.45) is 0 Å². The Balaban J connectivity index is 0. The highest BCUT2D eigenvalue weighted by Gasteiger charge is 2.35. The molecule has 3 saturated heterocycles. The number of rotatable bonds is 41. The summed E-state index contributed by atoms with van der Waals surface area (Å²) in [5, 5.41) is 59.1. The molecule has 7 atom stereocenters. The monoisotopic (exact) mass is 1410 g/mol. The minimum atomic E-state index is -1.14. The lowest BCUT2D eigenvalue weighted by Gasteiger charge is -2.18. The zero-order valence-corrected chi connectivity index (χ0v) is 57.3. The first-order chi connectivity index (χ1) is 45.5. The van der Waals surface area contributed by atoms with Gasteiger partial charge in [-0.3, -0.25) is 57.5 Å². The van der Waals surface area contributed by atoms with Gasteiger partial charge >= 0.3 is 71.6 Å². The summed E-state index contributed by atoms with van der Waals surface area (Å²) in [6.07, 6.45) is -3.65. The number of aliphatic hydroxyl groups excluding tert-OH is 5. The zero-order valence-electron chi connectivity index (χ0n) is 57.3. The molecule has 0 aliphatic carbocycles. The Morgan fingerprint density at radius 3 is 0.804 bits per heavy atom. The van der Waals surface area contributed by atoms with Crippen LogP contribution in [-0.4, -0.2) is 260 Å². The molecule has 0 radical (unpaired) electrons. The molecule has 0 aromatic heterocycles. The molecule has 0 aromatic rings. The average molecular weight is 1410 g/mol. The van der Waals surface area contributed by atoms with E-state index in [4.69, 9.17) is 102 Å². The fourth-order valence-electron chi connectivity index (χ4n) is 7.08. The lowest BCUT2D eigenvalue weighted by atomic mass is 10.3. The van der Waals surface area contributed by atoms with E-state index in [0.29, 0.717) is 45.5 Å². The van der Waals surface area contributed by atoms with Crippen LogP contribution in [0, 0.1) is 0 Å². The number of esters is 10. The molecular weight excluding hydrogens is 1300 g/mol. The van der Waals surface area contributed by atoms with Crippen molar-refractivity contribution in [3.63, 3.8) is 0 Å². The van der Waals surface area contributed by atoms with Crippen molar-refractivity contribution in [1.82, 2.24) is 0 Å². The van der Waals surface area contributed by atoms with Crippen LogP contribution in [0.2, 0.25) is 0 Å². The summed E-state index contributed by atoms with van der Waals surface area (Å²) in [4.78, 5) is 136. The van der Waals surface area contributed by atoms with Gasteiger partial charge in [0.25, 0.3) is 0 Å². The summed E-state index contributed by atoms with van der Waals surface area (Å²) < 4.78 is 82.1. The quantitative estimate of drug-likeness (QED) is 0.0338. The van der Waals surface area contributed by atoms with Gasteiger partial charge in [-0.15, -0.1) is 0 Å². The topological polar surface area (TPSA) is 494 Å². The van der Waals surface area contributed by atoms with Gasteiger partial charge in [0, 0.05) is 25.7 Å². The minimum Gasteiger partial charge on any atom is -0.481 e. The number of aliphatic carboxylic acids is 2. The van der Waals surface area contributed by atoms with Gasteiger partial charge in [0.05, 0.1) is 91.0 Å². The van der Waals surface area contributed by atoms with Crippen LogP contribution in [0.15, 0.2) is 0 Å². The second-order valence-electron chi connectivity index (χ2n) is 22.7. The molecule has 3 fully saturated rings. The number of ether oxygens (including phenoxy) is 16. The number of carboxylic acid groups (broad SMARTS) is 2. The largest absolute Gasteiger partial charge is 0.481 e. The first-order valence-corrected chi connectivity index (χ1v) is 31.8. The molecule has 35 nitrogen and oxygen atoms in total. The van der Waals surface area contributed by atoms with E-state index in [1.54, 1.807) is 41.5 Å². The van der Waals surface area contributed by atoms with Crippen molar-refractivity contribution in [3.05, 3.63) is 0 Å². The average Bonchev–Trinajstić information content (AvgIpc) is 1.77. The van der Waals surface area contributed by atoms with Crippen LogP contribution in [0.25, 0.3) is 0 Å². The van der Waals surface area contributed by atoms with Crippen molar-refractivity contribution in [1.29, 1.82) is 0 Å². The Labute approximate surface area is 563 Å². The fourth-order valence-corrected chi connectivity index (χ4v) is 7.08. The zero-order chi connectivity index (χ0) is 74.0. The highest BCUT2D eigenvalue weighted by molar-refractivity contribution is 5.79. The maximum atomic E-state index is 12.1. The third-order valence-electron chi connectivity index (χ3n) is 11.8. The summed E-state index contributed by atoms with van der Waals surface area (Å²) in [7, 11) is 0. The van der Waals surface area contributed by atoms with Crippen LogP contribution in [0.1, 0.15) is 172 Å². The molecule has 7 N–H and O–H groups in total. The maximum absolute atomic E-state index is 12.1. The maximum Gasteiger partial charge on any atom is 0.306 e. The first kappa shape index (κ1) is 92.3. The Morgan fingerprint density at radius 2 is 0.588 bits per heavy atom. The SMILES string of the molecule is CC1(C)OCC(CO)O1.CC1(C)OCC(COC(=O)CCC(=O)OCC2COC(C)(C)O2)O1.CCCC(=O)OCC(COC(=O)CCC(=O)OCC(COC(=O)CCC)OC(=O)CCC)OC(=O)CCC.O=C(CCC(=O)OCC(O)CO)OCC(O)CO.O=C(O)CCC(=O)O. The molecule has 0 aromatic carbocycles. The van der Waals surface area contributed by atoms with Crippen molar-refractivity contribution in [2.45, 2.75) is 232 Å². The van der Waals surface area contributed by atoms with Gasteiger partial charge in [0.2, 0.25) is 0 Å². The third kappa shape index (κ3) is 53.9. The molecule has 0 bridgehead atoms. The molecule has 0 spiro atoms. The number of carbonyl (C=O) groups is 12. The van der Waals surface area contributed by atoms with Gasteiger partial charge in [-0.1, -0.05) is 27.7 Å². The summed E-state index contributed by atoms with van der Waals surface area (Å²) in [6, 6.07) is 0. The van der Waals surface area contributed by atoms with E-state index >= 15 is 0 Å². The lowest BCUT2D eigenvalue weighted by molar-refractivity contribution is -0.168. The normalized spacial score (nSPS) is 17.9. The van der Waals surface area contributed by atoms with Crippen LogP contribution in [-0.2, 0) is 133 Å². The summed E-state index contributed by atoms with van der Waals surface area (Å²) in [6.45, 7) is 16.7. The van der Waals surface area contributed by atoms with Crippen molar-refractivity contribution in [2.75, 3.05) is 92.5 Å². The molecule has 3 heterocycles. The molecule has 3 aliphatic rings. The van der Waals surface area contributed by atoms with Crippen molar-refractivity contribution >= 4 is 71.6 Å². The van der Waals surface area contributed by atoms with Gasteiger partial charge in [-0.25, -0.2) is 0 Å². The molecule has 3 aliphatic heterocycles. The second kappa shape index (κ2) is 53.2. The highest BCUT2D eigenvalue weighted by Crippen LogP contribution is 2.24. The smallest absolute Gasteiger partial charge is 0.306 e. The van der Waals surface area contributed by atoms with Crippen LogP contribution < -0.4 is 0 Å². The second-order valence-corrected chi connectivity index (χ2v) is 22.7. The van der Waals surface area contributed by atoms with Crippen LogP contribution in [0.3, 0.4) is 0 Å². The van der Waals surface area contributed by atoms with E-state index < -0.39 is 127 Å². The summed E-state index contributed by atoms with van der Waals surface area (Å²) in [5.74, 6) is -9.76. The van der Waals surface area contributed by atoms with E-state index in [-0.39, 0.29) is 155 Å². The number of aliphatic hydroxyl groups is 5. The van der Waals surface area contributed by atoms with E-state index in [2.05, 4.69) is 9.47 Å². The molecule has 97 heavy (non-hydrogen) atoms. The number of carbonyl (C=O) groups excluding carboxylic acids is 10. The van der Waals surface area contributed by atoms with Gasteiger partial charge < -0.3 is 112 Å². The Morgan fingerprint density at radius 1 is 0.351 bits per heavy atom. The van der Waals surface area contributed by atoms with Gasteiger partial charge in [0.15, 0.2) is 29.6 Å². The molecule has 0 saturated carbocycles. The Hall–Kier alpha value is -6.80. The molecule has 7 unspecified atom stereocenters. The fraction of sp³-hybridized carbons (Fsp3) is 0.806. The molecule has 35 heteroatoms. The molecule has 562 valence electrons. The number of hydrogen-bond donors (Lipinski definition) is 7. The number of hydrogen-bond acceptors (Lipinski definition) is 33. The van der Waals surface area contributed by atoms with Crippen LogP contribution in [0.5, 0.6) is 0 Å². The van der Waals surface area contributed by atoms with E-state index in [9.17, 15) is 57.5 Å². The summed E-state index contributed by atoms with van der Waals surface area (Å²) >= 11 is 0. The molecule has 3 rings (SSSR count). The lowest BCUT2D eigenvalue weighted by Crippen LogP contribution is -2.31. The van der Waals surface area contributed by atoms with E-state index in [1.807, 2.05) is 27.7 Å². The first-order valence-electron chi connectivity index (χ1n) is 31.8. The highest BCUT2D eigenvalue weighted by atomic mass is 16.8. The Bertz CT molecular complexity index is 2180.